The van der Waals surface area contributed by atoms with E-state index in [1.54, 1.807) is 34.9 Å². The second kappa shape index (κ2) is 6.82. The molecule has 0 spiro atoms. The first-order valence-corrected chi connectivity index (χ1v) is 8.19. The van der Waals surface area contributed by atoms with Gasteiger partial charge < -0.3 is 4.74 Å². The summed E-state index contributed by atoms with van der Waals surface area (Å²) in [6.07, 6.45) is 2.67. The molecule has 0 fully saturated rings. The van der Waals surface area contributed by atoms with Gasteiger partial charge in [0.15, 0.2) is 0 Å². The van der Waals surface area contributed by atoms with Crippen molar-refractivity contribution in [2.75, 3.05) is 11.9 Å². The molecule has 0 saturated heterocycles. The molecule has 2 aromatic rings. The summed E-state index contributed by atoms with van der Waals surface area (Å²) in [5.74, 6) is 0.433. The van der Waals surface area contributed by atoms with E-state index in [2.05, 4.69) is 15.5 Å². The summed E-state index contributed by atoms with van der Waals surface area (Å²) in [7, 11) is 1.79. The van der Waals surface area contributed by atoms with Crippen LogP contribution in [0.15, 0.2) is 18.5 Å². The Bertz CT molecular complexity index is 728. The largest absolute Gasteiger partial charge is 0.445 e. The molecular formula is C14H18Cl3N5O2. The van der Waals surface area contributed by atoms with Gasteiger partial charge in [0.2, 0.25) is 3.79 Å². The Labute approximate surface area is 154 Å². The first-order chi connectivity index (χ1) is 11.0. The quantitative estimate of drug-likeness (QED) is 0.803. The summed E-state index contributed by atoms with van der Waals surface area (Å²) in [5, 5.41) is 11.3. The lowest BCUT2D eigenvalue weighted by Gasteiger charge is -2.13. The molecule has 10 heteroatoms. The molecule has 0 radical (unpaired) electrons. The number of anilines is 1. The van der Waals surface area contributed by atoms with Crippen LogP contribution in [-0.4, -0.2) is 36.1 Å². The molecule has 2 rings (SSSR count). The molecule has 2 heterocycles. The Morgan fingerprint density at radius 3 is 2.50 bits per heavy atom. The van der Waals surface area contributed by atoms with Crippen LogP contribution in [0.25, 0.3) is 5.69 Å². The van der Waals surface area contributed by atoms with Crippen molar-refractivity contribution in [2.45, 2.75) is 30.0 Å². The summed E-state index contributed by atoms with van der Waals surface area (Å²) in [6, 6.07) is 1.77. The number of hydrogen-bond acceptors (Lipinski definition) is 4. The zero-order chi connectivity index (χ0) is 18.1. The van der Waals surface area contributed by atoms with E-state index in [1.165, 1.54) is 0 Å². The maximum Gasteiger partial charge on any atom is 0.412 e. The summed E-state index contributed by atoms with van der Waals surface area (Å²) >= 11 is 16.7. The SMILES string of the molecule is Cn1cc(-n2nc(C(C)(C)C)cc2NC(=O)OCC(Cl)(Cl)Cl)cn1. The number of amides is 1. The number of halogens is 3. The van der Waals surface area contributed by atoms with Gasteiger partial charge in [-0.15, -0.1) is 0 Å². The third kappa shape index (κ3) is 5.03. The van der Waals surface area contributed by atoms with Crippen molar-refractivity contribution in [3.63, 3.8) is 0 Å². The number of carbonyl (C=O) groups is 1. The lowest BCUT2D eigenvalue weighted by molar-refractivity contribution is 0.163. The first kappa shape index (κ1) is 18.9. The maximum absolute atomic E-state index is 11.9. The Hall–Kier alpha value is -1.44. The highest BCUT2D eigenvalue weighted by atomic mass is 35.6. The van der Waals surface area contributed by atoms with Gasteiger partial charge in [0.05, 0.1) is 18.1 Å². The molecule has 1 N–H and O–H groups in total. The summed E-state index contributed by atoms with van der Waals surface area (Å²) in [5.41, 5.74) is 1.29. The minimum absolute atomic E-state index is 0.203. The maximum atomic E-state index is 11.9. The van der Waals surface area contributed by atoms with E-state index in [4.69, 9.17) is 39.5 Å². The fraction of sp³-hybridized carbons (Fsp3) is 0.500. The van der Waals surface area contributed by atoms with Gasteiger partial charge in [-0.1, -0.05) is 55.6 Å². The third-order valence-electron chi connectivity index (χ3n) is 3.01. The Morgan fingerprint density at radius 2 is 2.00 bits per heavy atom. The zero-order valence-corrected chi connectivity index (χ0v) is 15.9. The van der Waals surface area contributed by atoms with E-state index in [9.17, 15) is 4.79 Å². The number of carbonyl (C=O) groups excluding carboxylic acids is 1. The molecule has 0 saturated carbocycles. The number of rotatable bonds is 3. The van der Waals surface area contributed by atoms with Crippen molar-refractivity contribution in [1.82, 2.24) is 19.6 Å². The van der Waals surface area contributed by atoms with E-state index in [-0.39, 0.29) is 12.0 Å². The number of nitrogens with zero attached hydrogens (tertiary/aromatic N) is 4. The molecule has 7 nitrogen and oxygen atoms in total. The van der Waals surface area contributed by atoms with Gasteiger partial charge >= 0.3 is 6.09 Å². The van der Waals surface area contributed by atoms with Crippen molar-refractivity contribution >= 4 is 46.7 Å². The number of aromatic nitrogens is 4. The van der Waals surface area contributed by atoms with Gasteiger partial charge in [0.25, 0.3) is 0 Å². The topological polar surface area (TPSA) is 74.0 Å². The van der Waals surface area contributed by atoms with Crippen LogP contribution in [0.5, 0.6) is 0 Å². The second-order valence-corrected chi connectivity index (χ2v) is 8.78. The lowest BCUT2D eigenvalue weighted by Crippen LogP contribution is -2.22. The highest BCUT2D eigenvalue weighted by Gasteiger charge is 2.24. The van der Waals surface area contributed by atoms with Crippen LogP contribution in [0.4, 0.5) is 10.6 Å². The number of ether oxygens (including phenoxy) is 1. The van der Waals surface area contributed by atoms with Crippen LogP contribution < -0.4 is 5.32 Å². The van der Waals surface area contributed by atoms with Gasteiger partial charge in [-0.05, 0) is 0 Å². The van der Waals surface area contributed by atoms with Crippen molar-refractivity contribution in [3.8, 4) is 5.69 Å². The molecule has 2 aromatic heterocycles. The molecule has 24 heavy (non-hydrogen) atoms. The van der Waals surface area contributed by atoms with Crippen LogP contribution >= 0.6 is 34.8 Å². The molecule has 0 aromatic carbocycles. The summed E-state index contributed by atoms with van der Waals surface area (Å²) in [4.78, 5) is 11.9. The third-order valence-corrected chi connectivity index (χ3v) is 3.34. The van der Waals surface area contributed by atoms with E-state index < -0.39 is 9.89 Å². The fourth-order valence-corrected chi connectivity index (χ4v) is 2.00. The van der Waals surface area contributed by atoms with Crippen LogP contribution in [0.3, 0.4) is 0 Å². The van der Waals surface area contributed by atoms with E-state index in [0.717, 1.165) is 5.69 Å². The predicted octanol–water partition coefficient (Wildman–Crippen LogP) is 3.82. The van der Waals surface area contributed by atoms with Crippen molar-refractivity contribution < 1.29 is 9.53 Å². The highest BCUT2D eigenvalue weighted by Crippen LogP contribution is 2.28. The van der Waals surface area contributed by atoms with E-state index in [1.807, 2.05) is 20.8 Å². The molecule has 0 atom stereocenters. The molecule has 0 unspecified atom stereocenters. The Kier molecular flexibility index (Phi) is 5.37. The normalized spacial score (nSPS) is 12.3. The molecule has 0 aliphatic rings. The average Bonchev–Trinajstić information content (AvgIpc) is 3.01. The number of nitrogens with one attached hydrogen (secondary N) is 1. The van der Waals surface area contributed by atoms with Gasteiger partial charge in [-0.2, -0.15) is 10.2 Å². The van der Waals surface area contributed by atoms with Gasteiger partial charge in [0, 0.05) is 18.5 Å². The van der Waals surface area contributed by atoms with E-state index in [0.29, 0.717) is 11.5 Å². The van der Waals surface area contributed by atoms with Crippen molar-refractivity contribution in [3.05, 3.63) is 24.2 Å². The Balaban J connectivity index is 2.27. The smallest absolute Gasteiger partial charge is 0.412 e. The zero-order valence-electron chi connectivity index (χ0n) is 13.7. The van der Waals surface area contributed by atoms with Crippen molar-refractivity contribution in [2.24, 2.45) is 7.05 Å². The van der Waals surface area contributed by atoms with Gasteiger partial charge in [-0.25, -0.2) is 9.48 Å². The first-order valence-electron chi connectivity index (χ1n) is 7.06. The van der Waals surface area contributed by atoms with Crippen LogP contribution in [0, 0.1) is 0 Å². The lowest BCUT2D eigenvalue weighted by atomic mass is 9.92. The standard InChI is InChI=1S/C14H18Cl3N5O2/c1-13(2,3)10-5-11(19-12(23)24-8-14(15,16)17)22(20-10)9-6-18-21(4)7-9/h5-7H,8H2,1-4H3,(H,19,23). The Morgan fingerprint density at radius 1 is 1.33 bits per heavy atom. The molecule has 1 amide bonds. The van der Waals surface area contributed by atoms with Gasteiger partial charge in [0.1, 0.15) is 18.1 Å². The number of alkyl halides is 3. The van der Waals surface area contributed by atoms with Crippen LogP contribution in [0.2, 0.25) is 0 Å². The molecular weight excluding hydrogens is 377 g/mol. The molecule has 132 valence electrons. The number of aryl methyl sites for hydroxylation is 1. The van der Waals surface area contributed by atoms with Crippen LogP contribution in [0.1, 0.15) is 26.5 Å². The predicted molar refractivity (Wildman–Crippen MR) is 94.3 cm³/mol. The van der Waals surface area contributed by atoms with Gasteiger partial charge in [-0.3, -0.25) is 10.00 Å². The summed E-state index contributed by atoms with van der Waals surface area (Å²) in [6.45, 7) is 5.70. The highest BCUT2D eigenvalue weighted by molar-refractivity contribution is 6.67. The van der Waals surface area contributed by atoms with Crippen molar-refractivity contribution in [1.29, 1.82) is 0 Å². The van der Waals surface area contributed by atoms with E-state index >= 15 is 0 Å². The minimum Gasteiger partial charge on any atom is -0.445 e. The molecule has 0 aliphatic heterocycles. The average molecular weight is 395 g/mol. The number of hydrogen-bond donors (Lipinski definition) is 1. The van der Waals surface area contributed by atoms with Crippen LogP contribution in [-0.2, 0) is 17.2 Å². The fourth-order valence-electron chi connectivity index (χ4n) is 1.84. The minimum atomic E-state index is -1.67. The molecule has 0 bridgehead atoms. The molecule has 0 aliphatic carbocycles. The monoisotopic (exact) mass is 393 g/mol. The summed E-state index contributed by atoms with van der Waals surface area (Å²) < 4.78 is 6.44. The second-order valence-electron chi connectivity index (χ2n) is 6.27.